The fraction of sp³-hybridized carbons (Fsp3) is 0.100. The monoisotopic (exact) mass is 433 g/mol. The van der Waals surface area contributed by atoms with Gasteiger partial charge in [-0.2, -0.15) is 0 Å². The van der Waals surface area contributed by atoms with Gasteiger partial charge in [0.15, 0.2) is 5.75 Å². The average Bonchev–Trinajstić information content (AvgIpc) is 2.70. The zero-order valence-electron chi connectivity index (χ0n) is 15.6. The van der Waals surface area contributed by atoms with Gasteiger partial charge in [-0.3, -0.25) is 9.52 Å². The highest BCUT2D eigenvalue weighted by atomic mass is 32.2. The highest BCUT2D eigenvalue weighted by Crippen LogP contribution is 2.22. The first-order valence-corrected chi connectivity index (χ1v) is 10.0. The Labute approximate surface area is 170 Å². The average molecular weight is 433 g/mol. The van der Waals surface area contributed by atoms with Crippen LogP contribution in [0.4, 0.5) is 10.1 Å². The highest BCUT2D eigenvalue weighted by molar-refractivity contribution is 7.92. The molecule has 1 heterocycles. The summed E-state index contributed by atoms with van der Waals surface area (Å²) in [6.45, 7) is 1.16. The predicted octanol–water partition coefficient (Wildman–Crippen LogP) is 2.95. The molecule has 0 bridgehead atoms. The molecule has 3 aromatic rings. The Bertz CT molecular complexity index is 1250. The van der Waals surface area contributed by atoms with E-state index in [-0.39, 0.29) is 21.9 Å². The Morgan fingerprint density at radius 3 is 2.53 bits per heavy atom. The SMILES string of the molecule is Cc1ccc(C(=O)OCc2cc(=O)c(O)co2)cc1S(=O)(=O)Nc1ccc(F)cc1. The number of carbonyl (C=O) groups is 1. The number of hydrogen-bond donors (Lipinski definition) is 2. The molecule has 1 aromatic heterocycles. The molecule has 30 heavy (non-hydrogen) atoms. The van der Waals surface area contributed by atoms with Crippen molar-refractivity contribution in [2.45, 2.75) is 18.4 Å². The first kappa shape index (κ1) is 21.1. The maximum absolute atomic E-state index is 13.0. The van der Waals surface area contributed by atoms with Crippen molar-refractivity contribution in [1.82, 2.24) is 0 Å². The zero-order valence-corrected chi connectivity index (χ0v) is 16.4. The summed E-state index contributed by atoms with van der Waals surface area (Å²) in [6, 6.07) is 9.72. The van der Waals surface area contributed by atoms with Crippen molar-refractivity contribution in [1.29, 1.82) is 0 Å². The Morgan fingerprint density at radius 1 is 1.17 bits per heavy atom. The van der Waals surface area contributed by atoms with Gasteiger partial charge in [0.2, 0.25) is 5.43 Å². The van der Waals surface area contributed by atoms with E-state index in [1.54, 1.807) is 6.92 Å². The standard InChI is InChI=1S/C20H16FNO7S/c1-12-2-3-13(20(25)29-10-16-9-17(23)18(24)11-28-16)8-19(12)30(26,27)22-15-6-4-14(21)5-7-15/h2-9,11,22,24H,10H2,1H3. The molecule has 10 heteroatoms. The van der Waals surface area contributed by atoms with E-state index in [2.05, 4.69) is 4.72 Å². The van der Waals surface area contributed by atoms with Crippen LogP contribution in [-0.4, -0.2) is 19.5 Å². The van der Waals surface area contributed by atoms with Crippen LogP contribution in [0.5, 0.6) is 5.75 Å². The fourth-order valence-electron chi connectivity index (χ4n) is 2.48. The van der Waals surface area contributed by atoms with Gasteiger partial charge >= 0.3 is 5.97 Å². The molecule has 0 fully saturated rings. The number of aryl methyl sites for hydroxylation is 1. The van der Waals surface area contributed by atoms with Gasteiger partial charge in [-0.25, -0.2) is 17.6 Å². The first-order valence-electron chi connectivity index (χ1n) is 8.52. The number of sulfonamides is 1. The van der Waals surface area contributed by atoms with Crippen molar-refractivity contribution in [3.63, 3.8) is 0 Å². The van der Waals surface area contributed by atoms with Crippen LogP contribution in [0.1, 0.15) is 21.7 Å². The second kappa shape index (κ2) is 8.37. The summed E-state index contributed by atoms with van der Waals surface area (Å²) < 4.78 is 50.7. The second-order valence-corrected chi connectivity index (χ2v) is 7.92. The number of anilines is 1. The molecule has 0 aliphatic carbocycles. The lowest BCUT2D eigenvalue weighted by Gasteiger charge is -2.12. The summed E-state index contributed by atoms with van der Waals surface area (Å²) in [7, 11) is -4.06. The number of nitrogens with one attached hydrogen (secondary N) is 1. The Balaban J connectivity index is 1.79. The van der Waals surface area contributed by atoms with Crippen LogP contribution in [0.25, 0.3) is 0 Å². The van der Waals surface area contributed by atoms with E-state index >= 15 is 0 Å². The van der Waals surface area contributed by atoms with E-state index in [1.807, 2.05) is 0 Å². The summed E-state index contributed by atoms with van der Waals surface area (Å²) in [5.41, 5.74) is -0.194. The predicted molar refractivity (Wildman–Crippen MR) is 104 cm³/mol. The number of ether oxygens (including phenoxy) is 1. The lowest BCUT2D eigenvalue weighted by atomic mass is 10.1. The van der Waals surface area contributed by atoms with Gasteiger partial charge in [-0.15, -0.1) is 0 Å². The van der Waals surface area contributed by atoms with Crippen molar-refractivity contribution in [2.75, 3.05) is 4.72 Å². The Kier molecular flexibility index (Phi) is 5.88. The molecule has 8 nitrogen and oxygen atoms in total. The molecule has 0 atom stereocenters. The summed E-state index contributed by atoms with van der Waals surface area (Å²) in [6.07, 6.45) is 0.823. The van der Waals surface area contributed by atoms with E-state index < -0.39 is 39.6 Å². The zero-order chi connectivity index (χ0) is 21.9. The number of aromatic hydroxyl groups is 1. The molecule has 0 aliphatic rings. The minimum atomic E-state index is -4.06. The summed E-state index contributed by atoms with van der Waals surface area (Å²) in [5.74, 6) is -1.93. The topological polar surface area (TPSA) is 123 Å². The largest absolute Gasteiger partial charge is 0.502 e. The molecule has 0 saturated carbocycles. The van der Waals surface area contributed by atoms with E-state index in [0.717, 1.165) is 30.5 Å². The number of halogens is 1. The van der Waals surface area contributed by atoms with Crippen molar-refractivity contribution >= 4 is 21.7 Å². The molecule has 0 unspecified atom stereocenters. The number of esters is 1. The summed E-state index contributed by atoms with van der Waals surface area (Å²) in [5, 5.41) is 9.16. The highest BCUT2D eigenvalue weighted by Gasteiger charge is 2.20. The molecule has 0 saturated heterocycles. The minimum Gasteiger partial charge on any atom is -0.502 e. The maximum atomic E-state index is 13.0. The van der Waals surface area contributed by atoms with E-state index in [4.69, 9.17) is 14.3 Å². The molecule has 0 aliphatic heterocycles. The van der Waals surface area contributed by atoms with Crippen molar-refractivity contribution < 1.29 is 31.9 Å². The van der Waals surface area contributed by atoms with Gasteiger partial charge in [-0.05, 0) is 48.9 Å². The molecule has 156 valence electrons. The molecule has 0 amide bonds. The smallest absolute Gasteiger partial charge is 0.338 e. The normalized spacial score (nSPS) is 11.1. The van der Waals surface area contributed by atoms with Crippen LogP contribution in [-0.2, 0) is 21.4 Å². The fourth-order valence-corrected chi connectivity index (χ4v) is 3.81. The molecule has 2 N–H and O–H groups in total. The third-order valence-electron chi connectivity index (χ3n) is 4.02. The molecule has 0 radical (unpaired) electrons. The van der Waals surface area contributed by atoms with E-state index in [9.17, 15) is 22.4 Å². The third kappa shape index (κ3) is 4.84. The molecular formula is C20H16FNO7S. The van der Waals surface area contributed by atoms with Crippen LogP contribution in [0.2, 0.25) is 0 Å². The van der Waals surface area contributed by atoms with Gasteiger partial charge in [0.1, 0.15) is 24.4 Å². The minimum absolute atomic E-state index is 0.00378. The molecular weight excluding hydrogens is 417 g/mol. The number of carbonyl (C=O) groups excluding carboxylic acids is 1. The quantitative estimate of drug-likeness (QED) is 0.573. The number of benzene rings is 2. The van der Waals surface area contributed by atoms with Crippen molar-refractivity contribution in [2.24, 2.45) is 0 Å². The Morgan fingerprint density at radius 2 is 1.87 bits per heavy atom. The van der Waals surface area contributed by atoms with Crippen LogP contribution in [0.3, 0.4) is 0 Å². The van der Waals surface area contributed by atoms with Gasteiger partial charge < -0.3 is 14.3 Å². The van der Waals surface area contributed by atoms with Gasteiger partial charge in [0, 0.05) is 11.8 Å². The maximum Gasteiger partial charge on any atom is 0.338 e. The van der Waals surface area contributed by atoms with Gasteiger partial charge in [0.05, 0.1) is 10.5 Å². The second-order valence-electron chi connectivity index (χ2n) is 6.26. The van der Waals surface area contributed by atoms with E-state index in [0.29, 0.717) is 5.56 Å². The van der Waals surface area contributed by atoms with Crippen LogP contribution in [0.15, 0.2) is 68.9 Å². The van der Waals surface area contributed by atoms with Gasteiger partial charge in [-0.1, -0.05) is 6.07 Å². The molecule has 0 spiro atoms. The number of hydrogen-bond acceptors (Lipinski definition) is 7. The molecule has 3 rings (SSSR count). The molecule has 2 aromatic carbocycles. The van der Waals surface area contributed by atoms with Gasteiger partial charge in [0.25, 0.3) is 10.0 Å². The first-order chi connectivity index (χ1) is 14.2. The van der Waals surface area contributed by atoms with Crippen LogP contribution < -0.4 is 10.2 Å². The number of rotatable bonds is 6. The van der Waals surface area contributed by atoms with E-state index in [1.165, 1.54) is 24.3 Å². The van der Waals surface area contributed by atoms with Crippen LogP contribution >= 0.6 is 0 Å². The lowest BCUT2D eigenvalue weighted by Crippen LogP contribution is -2.16. The van der Waals surface area contributed by atoms with Crippen LogP contribution in [0, 0.1) is 12.7 Å². The van der Waals surface area contributed by atoms with Crippen molar-refractivity contribution in [3.05, 3.63) is 87.7 Å². The Hall–Kier alpha value is -3.66. The lowest BCUT2D eigenvalue weighted by molar-refractivity contribution is 0.0442. The summed E-state index contributed by atoms with van der Waals surface area (Å²) in [4.78, 5) is 23.5. The summed E-state index contributed by atoms with van der Waals surface area (Å²) >= 11 is 0. The van der Waals surface area contributed by atoms with Crippen molar-refractivity contribution in [3.8, 4) is 5.75 Å². The third-order valence-corrected chi connectivity index (χ3v) is 5.55.